The fourth-order valence-electron chi connectivity index (χ4n) is 4.42. The van der Waals surface area contributed by atoms with Crippen LogP contribution in [0.5, 0.6) is 0 Å². The zero-order valence-electron chi connectivity index (χ0n) is 15.4. The van der Waals surface area contributed by atoms with E-state index in [2.05, 4.69) is 9.97 Å². The van der Waals surface area contributed by atoms with E-state index in [0.29, 0.717) is 49.5 Å². The molecule has 0 saturated carbocycles. The van der Waals surface area contributed by atoms with Gasteiger partial charge in [-0.1, -0.05) is 24.6 Å². The average molecular weight is 387 g/mol. The monoisotopic (exact) mass is 386 g/mol. The molecule has 0 unspecified atom stereocenters. The molecular formula is C20H23ClN4O2. The number of nitrogens with zero attached hydrogens (tertiary/aromatic N) is 3. The fraction of sp³-hybridized carbons (Fsp3) is 0.450. The Kier molecular flexibility index (Phi) is 4.68. The molecule has 2 amide bonds. The summed E-state index contributed by atoms with van der Waals surface area (Å²) in [5.41, 5.74) is 2.28. The number of hydrogen-bond acceptors (Lipinski definition) is 3. The minimum atomic E-state index is -0.411. The quantitative estimate of drug-likeness (QED) is 0.862. The van der Waals surface area contributed by atoms with E-state index < -0.39 is 5.54 Å². The third-order valence-corrected chi connectivity index (χ3v) is 6.05. The van der Waals surface area contributed by atoms with E-state index in [0.717, 1.165) is 17.8 Å². The Morgan fingerprint density at radius 3 is 2.74 bits per heavy atom. The van der Waals surface area contributed by atoms with Gasteiger partial charge in [-0.25, -0.2) is 4.98 Å². The highest BCUT2D eigenvalue weighted by Crippen LogP contribution is 2.42. The second kappa shape index (κ2) is 7.00. The Bertz CT molecular complexity index is 870. The maximum Gasteiger partial charge on any atom is 0.253 e. The highest BCUT2D eigenvalue weighted by Gasteiger charge is 2.48. The van der Waals surface area contributed by atoms with Gasteiger partial charge in [-0.3, -0.25) is 9.59 Å². The molecule has 6 nitrogen and oxygen atoms in total. The lowest BCUT2D eigenvalue weighted by Crippen LogP contribution is -2.58. The number of carbonyl (C=O) groups excluding carboxylic acids is 2. The van der Waals surface area contributed by atoms with Gasteiger partial charge in [0.2, 0.25) is 5.91 Å². The number of benzene rings is 1. The van der Waals surface area contributed by atoms with Crippen molar-refractivity contribution in [1.29, 1.82) is 0 Å². The molecule has 1 spiro atoms. The van der Waals surface area contributed by atoms with Gasteiger partial charge >= 0.3 is 0 Å². The minimum absolute atomic E-state index is 0.0150. The van der Waals surface area contributed by atoms with E-state index in [1.165, 1.54) is 0 Å². The summed E-state index contributed by atoms with van der Waals surface area (Å²) in [6.07, 6.45) is 4.39. The summed E-state index contributed by atoms with van der Waals surface area (Å²) in [7, 11) is 0. The van der Waals surface area contributed by atoms with Crippen molar-refractivity contribution in [2.24, 2.45) is 0 Å². The van der Waals surface area contributed by atoms with E-state index in [1.807, 2.05) is 16.7 Å². The van der Waals surface area contributed by atoms with Crippen LogP contribution in [0.3, 0.4) is 0 Å². The Hall–Kier alpha value is -2.34. The second-order valence-electron chi connectivity index (χ2n) is 7.21. The number of piperidine rings is 1. The number of rotatable bonds is 2. The molecule has 1 fully saturated rings. The molecule has 4 rings (SSSR count). The first-order chi connectivity index (χ1) is 13.0. The number of nitrogens with one attached hydrogen (secondary N) is 1. The molecule has 1 saturated heterocycles. The Morgan fingerprint density at radius 1 is 1.26 bits per heavy atom. The maximum absolute atomic E-state index is 12.9. The van der Waals surface area contributed by atoms with Gasteiger partial charge in [0.15, 0.2) is 0 Å². The number of likely N-dealkylation sites (tertiary alicyclic amines) is 1. The Labute approximate surface area is 163 Å². The molecule has 0 atom stereocenters. The molecule has 2 aliphatic heterocycles. The second-order valence-corrected chi connectivity index (χ2v) is 7.65. The Balaban J connectivity index is 1.59. The van der Waals surface area contributed by atoms with Crippen LogP contribution in [0.2, 0.25) is 5.02 Å². The third kappa shape index (κ3) is 3.02. The number of H-pyrrole nitrogens is 1. The lowest BCUT2D eigenvalue weighted by Gasteiger charge is -2.50. The number of fused-ring (bicyclic) bond motifs is 2. The zero-order chi connectivity index (χ0) is 19.0. The lowest BCUT2D eigenvalue weighted by molar-refractivity contribution is -0.141. The van der Waals surface area contributed by atoms with Gasteiger partial charge in [0.1, 0.15) is 0 Å². The molecule has 1 N–H and O–H groups in total. The fourth-order valence-corrected chi connectivity index (χ4v) is 4.61. The highest BCUT2D eigenvalue weighted by molar-refractivity contribution is 6.30. The largest absolute Gasteiger partial charge is 0.348 e. The Morgan fingerprint density at radius 2 is 2.04 bits per heavy atom. The van der Waals surface area contributed by atoms with Gasteiger partial charge in [0, 0.05) is 48.8 Å². The van der Waals surface area contributed by atoms with Gasteiger partial charge < -0.3 is 14.8 Å². The summed E-state index contributed by atoms with van der Waals surface area (Å²) in [5, 5.41) is 0.558. The van der Waals surface area contributed by atoms with Crippen LogP contribution in [0.4, 0.5) is 0 Å². The molecule has 0 bridgehead atoms. The first-order valence-electron chi connectivity index (χ1n) is 9.43. The first kappa shape index (κ1) is 18.0. The number of amides is 2. The van der Waals surface area contributed by atoms with Gasteiger partial charge in [0.25, 0.3) is 5.91 Å². The molecule has 2 aromatic rings. The minimum Gasteiger partial charge on any atom is -0.348 e. The van der Waals surface area contributed by atoms with Crippen LogP contribution >= 0.6 is 11.6 Å². The molecule has 7 heteroatoms. The van der Waals surface area contributed by atoms with E-state index in [-0.39, 0.29) is 11.8 Å². The predicted octanol–water partition coefficient (Wildman–Crippen LogP) is 2.99. The number of hydrogen-bond donors (Lipinski definition) is 1. The van der Waals surface area contributed by atoms with Crippen molar-refractivity contribution in [3.63, 3.8) is 0 Å². The summed E-state index contributed by atoms with van der Waals surface area (Å²) in [6, 6.07) is 7.05. The van der Waals surface area contributed by atoms with Gasteiger partial charge in [-0.15, -0.1) is 0 Å². The van der Waals surface area contributed by atoms with Crippen molar-refractivity contribution in [3.8, 4) is 0 Å². The summed E-state index contributed by atoms with van der Waals surface area (Å²) in [5.74, 6) is 0.136. The number of aromatic nitrogens is 2. The predicted molar refractivity (Wildman–Crippen MR) is 103 cm³/mol. The third-order valence-electron chi connectivity index (χ3n) is 5.81. The van der Waals surface area contributed by atoms with Crippen molar-refractivity contribution >= 4 is 23.4 Å². The first-order valence-corrected chi connectivity index (χ1v) is 9.81. The number of carbonyl (C=O) groups is 2. The van der Waals surface area contributed by atoms with Crippen LogP contribution in [-0.4, -0.2) is 51.2 Å². The van der Waals surface area contributed by atoms with Crippen LogP contribution in [0.15, 0.2) is 30.6 Å². The maximum atomic E-state index is 12.9. The summed E-state index contributed by atoms with van der Waals surface area (Å²) >= 11 is 6.03. The topological polar surface area (TPSA) is 69.3 Å². The standard InChI is InChI=1S/C20H23ClN4O2/c1-2-17(26)25-9-6-16-18(23-13-22-16)20(25)7-10-24(11-8-20)19(27)14-4-3-5-15(21)12-14/h3-5,12-13H,2,6-11H2,1H3,(H,22,23). The van der Waals surface area contributed by atoms with Crippen LogP contribution in [-0.2, 0) is 16.8 Å². The molecule has 1 aromatic carbocycles. The normalized spacial score (nSPS) is 18.4. The highest BCUT2D eigenvalue weighted by atomic mass is 35.5. The van der Waals surface area contributed by atoms with Crippen LogP contribution in [0.25, 0.3) is 0 Å². The van der Waals surface area contributed by atoms with E-state index >= 15 is 0 Å². The average Bonchev–Trinajstić information content (AvgIpc) is 3.18. The van der Waals surface area contributed by atoms with Crippen LogP contribution in [0.1, 0.15) is 47.9 Å². The zero-order valence-corrected chi connectivity index (χ0v) is 16.1. The molecule has 0 aliphatic carbocycles. The molecule has 2 aliphatic rings. The van der Waals surface area contributed by atoms with E-state index in [9.17, 15) is 9.59 Å². The van der Waals surface area contributed by atoms with Gasteiger partial charge in [-0.05, 0) is 31.0 Å². The van der Waals surface area contributed by atoms with Gasteiger partial charge in [-0.2, -0.15) is 0 Å². The number of imidazole rings is 1. The van der Waals surface area contributed by atoms with E-state index in [4.69, 9.17) is 11.6 Å². The molecule has 142 valence electrons. The molecular weight excluding hydrogens is 364 g/mol. The number of halogens is 1. The molecule has 0 radical (unpaired) electrons. The molecule has 1 aromatic heterocycles. The van der Waals surface area contributed by atoms with Crippen molar-refractivity contribution < 1.29 is 9.59 Å². The van der Waals surface area contributed by atoms with Gasteiger partial charge in [0.05, 0.1) is 17.6 Å². The van der Waals surface area contributed by atoms with E-state index in [1.54, 1.807) is 30.6 Å². The van der Waals surface area contributed by atoms with Crippen molar-refractivity contribution in [2.45, 2.75) is 38.1 Å². The van der Waals surface area contributed by atoms with Crippen molar-refractivity contribution in [2.75, 3.05) is 19.6 Å². The molecule has 27 heavy (non-hydrogen) atoms. The van der Waals surface area contributed by atoms with Crippen molar-refractivity contribution in [3.05, 3.63) is 52.6 Å². The number of aromatic amines is 1. The lowest BCUT2D eigenvalue weighted by atomic mass is 9.78. The van der Waals surface area contributed by atoms with Crippen LogP contribution < -0.4 is 0 Å². The van der Waals surface area contributed by atoms with Crippen molar-refractivity contribution in [1.82, 2.24) is 19.8 Å². The summed E-state index contributed by atoms with van der Waals surface area (Å²) < 4.78 is 0. The smallest absolute Gasteiger partial charge is 0.253 e. The van der Waals surface area contributed by atoms with Crippen LogP contribution in [0, 0.1) is 0 Å². The summed E-state index contributed by atoms with van der Waals surface area (Å²) in [4.78, 5) is 37.1. The molecule has 3 heterocycles. The SMILES string of the molecule is CCC(=O)N1CCc2[nH]cnc2C12CCN(C(=O)c1cccc(Cl)c1)CC2. The summed E-state index contributed by atoms with van der Waals surface area (Å²) in [6.45, 7) is 3.77.